The molecule has 0 bridgehead atoms. The molecule has 2 aromatic carbocycles. The first kappa shape index (κ1) is 12.6. The fourth-order valence-electron chi connectivity index (χ4n) is 2.94. The predicted octanol–water partition coefficient (Wildman–Crippen LogP) is 4.83. The van der Waals surface area contributed by atoms with Gasteiger partial charge < -0.3 is 0 Å². The summed E-state index contributed by atoms with van der Waals surface area (Å²) >= 11 is 1.80. The van der Waals surface area contributed by atoms with E-state index in [0.717, 1.165) is 22.0 Å². The molecule has 0 aliphatic heterocycles. The number of rotatable bonds is 2. The highest BCUT2D eigenvalue weighted by Gasteiger charge is 2.12. The lowest BCUT2D eigenvalue weighted by atomic mass is 10.0. The minimum Gasteiger partial charge on any atom is -0.285 e. The monoisotopic (exact) mass is 316 g/mol. The van der Waals surface area contributed by atoms with Crippen molar-refractivity contribution in [1.82, 2.24) is 20.4 Å². The van der Waals surface area contributed by atoms with Gasteiger partial charge in [-0.05, 0) is 35.2 Å². The van der Waals surface area contributed by atoms with E-state index in [0.29, 0.717) is 0 Å². The standard InChI is InChI=1S/C18H12N4S/c1-2-4-16-11(3-1)7-17(23-16)15-6-12(14-9-19-20-10-14)5-13-8-21-22-18(13)15/h1-10H,(H,19,20)(H,21,22). The van der Waals surface area contributed by atoms with Crippen LogP contribution < -0.4 is 0 Å². The second kappa shape index (κ2) is 4.79. The SMILES string of the molecule is c1ccc2sc(-c3cc(-c4cn[nH]c4)cc4cn[nH]c34)cc2c1. The Morgan fingerprint density at radius 2 is 1.83 bits per heavy atom. The van der Waals surface area contributed by atoms with Crippen LogP contribution in [0.3, 0.4) is 0 Å². The van der Waals surface area contributed by atoms with Crippen LogP contribution in [-0.2, 0) is 0 Å². The topological polar surface area (TPSA) is 57.4 Å². The second-order valence-electron chi connectivity index (χ2n) is 5.49. The molecular weight excluding hydrogens is 304 g/mol. The van der Waals surface area contributed by atoms with Gasteiger partial charge in [0.25, 0.3) is 0 Å². The van der Waals surface area contributed by atoms with Crippen LogP contribution >= 0.6 is 11.3 Å². The van der Waals surface area contributed by atoms with E-state index in [2.05, 4.69) is 62.9 Å². The number of H-pyrrole nitrogens is 2. The van der Waals surface area contributed by atoms with Gasteiger partial charge in [0.15, 0.2) is 0 Å². The van der Waals surface area contributed by atoms with Gasteiger partial charge in [0.1, 0.15) is 0 Å². The van der Waals surface area contributed by atoms with E-state index in [-0.39, 0.29) is 0 Å². The Balaban J connectivity index is 1.80. The van der Waals surface area contributed by atoms with Gasteiger partial charge in [-0.2, -0.15) is 10.2 Å². The third-order valence-corrected chi connectivity index (χ3v) is 5.22. The van der Waals surface area contributed by atoms with Crippen LogP contribution in [0.5, 0.6) is 0 Å². The summed E-state index contributed by atoms with van der Waals surface area (Å²) in [5, 5.41) is 16.7. The molecule has 0 amide bonds. The molecule has 5 rings (SSSR count). The van der Waals surface area contributed by atoms with Crippen molar-refractivity contribution in [2.45, 2.75) is 0 Å². The third kappa shape index (κ3) is 1.98. The number of nitrogens with zero attached hydrogens (tertiary/aromatic N) is 2. The van der Waals surface area contributed by atoms with Crippen molar-refractivity contribution < 1.29 is 0 Å². The van der Waals surface area contributed by atoms with Crippen LogP contribution in [0, 0.1) is 0 Å². The number of benzene rings is 2. The largest absolute Gasteiger partial charge is 0.285 e. The maximum absolute atomic E-state index is 4.22. The highest BCUT2D eigenvalue weighted by molar-refractivity contribution is 7.22. The minimum absolute atomic E-state index is 1.07. The fraction of sp³-hybridized carbons (Fsp3) is 0. The number of thiophene rings is 1. The van der Waals surface area contributed by atoms with E-state index in [1.807, 2.05) is 18.6 Å². The van der Waals surface area contributed by atoms with E-state index in [4.69, 9.17) is 0 Å². The van der Waals surface area contributed by atoms with Crippen molar-refractivity contribution in [3.8, 4) is 21.6 Å². The van der Waals surface area contributed by atoms with Crippen LogP contribution in [0.1, 0.15) is 0 Å². The zero-order valence-corrected chi connectivity index (χ0v) is 12.9. The van der Waals surface area contributed by atoms with Crippen molar-refractivity contribution in [3.05, 3.63) is 61.1 Å². The Morgan fingerprint density at radius 1 is 0.870 bits per heavy atom. The summed E-state index contributed by atoms with van der Waals surface area (Å²) in [7, 11) is 0. The lowest BCUT2D eigenvalue weighted by Gasteiger charge is -2.04. The Hall–Kier alpha value is -2.92. The van der Waals surface area contributed by atoms with Crippen LogP contribution in [0.15, 0.2) is 61.1 Å². The number of hydrogen-bond acceptors (Lipinski definition) is 3. The van der Waals surface area contributed by atoms with Gasteiger partial charge in [0.05, 0.1) is 17.9 Å². The molecule has 0 radical (unpaired) electrons. The summed E-state index contributed by atoms with van der Waals surface area (Å²) in [5.41, 5.74) is 4.47. The highest BCUT2D eigenvalue weighted by atomic mass is 32.1. The van der Waals surface area contributed by atoms with E-state index < -0.39 is 0 Å². The Kier molecular flexibility index (Phi) is 2.63. The normalized spacial score (nSPS) is 11.5. The molecule has 2 N–H and O–H groups in total. The molecular formula is C18H12N4S. The van der Waals surface area contributed by atoms with Gasteiger partial charge in [-0.15, -0.1) is 11.3 Å². The number of nitrogens with one attached hydrogen (secondary N) is 2. The van der Waals surface area contributed by atoms with E-state index >= 15 is 0 Å². The molecule has 0 saturated carbocycles. The van der Waals surface area contributed by atoms with Gasteiger partial charge in [-0.3, -0.25) is 10.2 Å². The zero-order valence-electron chi connectivity index (χ0n) is 12.1. The van der Waals surface area contributed by atoms with Crippen molar-refractivity contribution in [2.75, 3.05) is 0 Å². The molecule has 0 atom stereocenters. The maximum atomic E-state index is 4.22. The Morgan fingerprint density at radius 3 is 2.70 bits per heavy atom. The maximum Gasteiger partial charge on any atom is 0.0737 e. The number of aromatic amines is 2. The average Bonchev–Trinajstić information content (AvgIpc) is 3.31. The van der Waals surface area contributed by atoms with E-state index in [1.54, 1.807) is 11.3 Å². The molecule has 23 heavy (non-hydrogen) atoms. The van der Waals surface area contributed by atoms with Gasteiger partial charge >= 0.3 is 0 Å². The van der Waals surface area contributed by atoms with Crippen molar-refractivity contribution in [1.29, 1.82) is 0 Å². The molecule has 0 saturated heterocycles. The van der Waals surface area contributed by atoms with Crippen molar-refractivity contribution in [2.24, 2.45) is 0 Å². The van der Waals surface area contributed by atoms with Crippen molar-refractivity contribution in [3.63, 3.8) is 0 Å². The minimum atomic E-state index is 1.07. The van der Waals surface area contributed by atoms with Crippen LogP contribution in [0.4, 0.5) is 0 Å². The summed E-state index contributed by atoms with van der Waals surface area (Å²) in [6.07, 6.45) is 5.63. The molecule has 4 nitrogen and oxygen atoms in total. The smallest absolute Gasteiger partial charge is 0.0737 e. The lowest BCUT2D eigenvalue weighted by molar-refractivity contribution is 1.09. The molecule has 3 heterocycles. The van der Waals surface area contributed by atoms with Crippen LogP contribution in [0.25, 0.3) is 42.6 Å². The molecule has 0 fully saturated rings. The average molecular weight is 316 g/mol. The molecule has 5 heteroatoms. The number of aromatic nitrogens is 4. The fourth-order valence-corrected chi connectivity index (χ4v) is 4.03. The first-order chi connectivity index (χ1) is 11.4. The molecule has 0 aliphatic carbocycles. The number of fused-ring (bicyclic) bond motifs is 2. The molecule has 0 spiro atoms. The first-order valence-electron chi connectivity index (χ1n) is 7.34. The van der Waals surface area contributed by atoms with E-state index in [1.165, 1.54) is 20.5 Å². The summed E-state index contributed by atoms with van der Waals surface area (Å²) < 4.78 is 1.30. The van der Waals surface area contributed by atoms with Crippen LogP contribution in [0.2, 0.25) is 0 Å². The lowest BCUT2D eigenvalue weighted by Crippen LogP contribution is -1.81. The molecule has 0 unspecified atom stereocenters. The summed E-state index contributed by atoms with van der Waals surface area (Å²) in [6.45, 7) is 0. The quantitative estimate of drug-likeness (QED) is 0.490. The van der Waals surface area contributed by atoms with E-state index in [9.17, 15) is 0 Å². The molecule has 3 aromatic heterocycles. The Labute approximate surface area is 135 Å². The predicted molar refractivity (Wildman–Crippen MR) is 94.5 cm³/mol. The molecule has 110 valence electrons. The number of hydrogen-bond donors (Lipinski definition) is 2. The van der Waals surface area contributed by atoms with Gasteiger partial charge in [0.2, 0.25) is 0 Å². The Bertz CT molecular complexity index is 1090. The zero-order chi connectivity index (χ0) is 15.2. The first-order valence-corrected chi connectivity index (χ1v) is 8.15. The molecule has 5 aromatic rings. The van der Waals surface area contributed by atoms with Crippen molar-refractivity contribution >= 4 is 32.3 Å². The summed E-state index contributed by atoms with van der Waals surface area (Å²) in [4.78, 5) is 1.24. The highest BCUT2D eigenvalue weighted by Crippen LogP contribution is 2.38. The van der Waals surface area contributed by atoms with Gasteiger partial charge in [0, 0.05) is 32.3 Å². The molecule has 0 aliphatic rings. The summed E-state index contributed by atoms with van der Waals surface area (Å²) in [5.74, 6) is 0. The van der Waals surface area contributed by atoms with Gasteiger partial charge in [-0.1, -0.05) is 18.2 Å². The second-order valence-corrected chi connectivity index (χ2v) is 6.58. The van der Waals surface area contributed by atoms with Crippen LogP contribution in [-0.4, -0.2) is 20.4 Å². The summed E-state index contributed by atoms with van der Waals surface area (Å²) in [6, 6.07) is 15.1. The third-order valence-electron chi connectivity index (χ3n) is 4.07. The van der Waals surface area contributed by atoms with Gasteiger partial charge in [-0.25, -0.2) is 0 Å².